The molecule has 3 nitrogen and oxygen atoms in total. The maximum absolute atomic E-state index is 11.8. The number of aromatic nitrogens is 2. The van der Waals surface area contributed by atoms with Crippen LogP contribution in [0.4, 0.5) is 13.2 Å². The lowest BCUT2D eigenvalue weighted by molar-refractivity contribution is -0.326. The zero-order chi connectivity index (χ0) is 12.6. The molecule has 1 unspecified atom stereocenters. The molecule has 2 rings (SSSR count). The van der Waals surface area contributed by atoms with Crippen molar-refractivity contribution in [2.45, 2.75) is 18.7 Å². The van der Waals surface area contributed by atoms with Crippen LogP contribution in [0.3, 0.4) is 0 Å². The van der Waals surface area contributed by atoms with Crippen LogP contribution in [0.15, 0.2) is 6.07 Å². The topological polar surface area (TPSA) is 35.0 Å². The quantitative estimate of drug-likeness (QED) is 0.854. The van der Waals surface area contributed by atoms with E-state index in [4.69, 9.17) is 23.2 Å². The molecule has 1 aliphatic carbocycles. The Kier molecular flexibility index (Phi) is 3.47. The molecule has 0 spiro atoms. The number of nitrogens with zero attached hydrogens (tertiary/aromatic N) is 2. The Labute approximate surface area is 105 Å². The van der Waals surface area contributed by atoms with Crippen molar-refractivity contribution in [1.82, 2.24) is 10.2 Å². The van der Waals surface area contributed by atoms with Gasteiger partial charge < -0.3 is 0 Å². The molecular weight excluding hydrogens is 280 g/mol. The lowest BCUT2D eigenvalue weighted by atomic mass is 10.2. The Hall–Kier alpha value is -0.590. The van der Waals surface area contributed by atoms with Crippen LogP contribution in [0.25, 0.3) is 0 Å². The fourth-order valence-electron chi connectivity index (χ4n) is 1.64. The largest absolute Gasteiger partial charge is 0.522 e. The first-order valence-electron chi connectivity index (χ1n) is 4.76. The lowest BCUT2D eigenvalue weighted by Crippen LogP contribution is -2.15. The third-order valence-corrected chi connectivity index (χ3v) is 3.01. The zero-order valence-corrected chi connectivity index (χ0v) is 9.85. The molecule has 0 aromatic carbocycles. The van der Waals surface area contributed by atoms with Crippen molar-refractivity contribution >= 4 is 23.2 Å². The Morgan fingerprint density at radius 2 is 2.06 bits per heavy atom. The van der Waals surface area contributed by atoms with Crippen LogP contribution in [0, 0.1) is 5.92 Å². The van der Waals surface area contributed by atoms with E-state index in [-0.39, 0.29) is 28.7 Å². The molecule has 1 aliphatic rings. The summed E-state index contributed by atoms with van der Waals surface area (Å²) >= 11 is 11.4. The highest BCUT2D eigenvalue weighted by molar-refractivity contribution is 6.31. The minimum Gasteiger partial charge on any atom is -0.292 e. The first-order valence-corrected chi connectivity index (χ1v) is 5.51. The van der Waals surface area contributed by atoms with Crippen molar-refractivity contribution in [3.05, 3.63) is 21.9 Å². The second-order valence-electron chi connectivity index (χ2n) is 3.77. The van der Waals surface area contributed by atoms with Gasteiger partial charge in [0.25, 0.3) is 0 Å². The maximum atomic E-state index is 11.8. The van der Waals surface area contributed by atoms with Gasteiger partial charge in [0.1, 0.15) is 0 Å². The zero-order valence-electron chi connectivity index (χ0n) is 8.34. The monoisotopic (exact) mass is 286 g/mol. The highest BCUT2D eigenvalue weighted by Crippen LogP contribution is 2.50. The van der Waals surface area contributed by atoms with E-state index in [1.54, 1.807) is 0 Å². The van der Waals surface area contributed by atoms with Gasteiger partial charge in [-0.05, 0) is 29.9 Å². The summed E-state index contributed by atoms with van der Waals surface area (Å²) in [5.74, 6) is -0.285. The highest BCUT2D eigenvalue weighted by Gasteiger charge is 2.43. The third kappa shape index (κ3) is 3.43. The molecule has 17 heavy (non-hydrogen) atoms. The summed E-state index contributed by atoms with van der Waals surface area (Å²) < 4.78 is 39.2. The summed E-state index contributed by atoms with van der Waals surface area (Å²) in [5.41, 5.74) is 0.627. The van der Waals surface area contributed by atoms with Crippen molar-refractivity contribution in [2.75, 3.05) is 6.61 Å². The van der Waals surface area contributed by atoms with E-state index in [0.717, 1.165) is 0 Å². The number of alkyl halides is 3. The van der Waals surface area contributed by atoms with Crippen LogP contribution in [-0.4, -0.2) is 23.2 Å². The Morgan fingerprint density at radius 3 is 2.71 bits per heavy atom. The van der Waals surface area contributed by atoms with Gasteiger partial charge in [-0.3, -0.25) is 4.74 Å². The van der Waals surface area contributed by atoms with E-state index in [2.05, 4.69) is 14.9 Å². The van der Waals surface area contributed by atoms with Crippen LogP contribution >= 0.6 is 23.2 Å². The summed E-state index contributed by atoms with van der Waals surface area (Å²) in [6, 6.07) is 1.52. The van der Waals surface area contributed by atoms with Crippen molar-refractivity contribution in [1.29, 1.82) is 0 Å². The molecule has 1 aromatic rings. The van der Waals surface area contributed by atoms with E-state index < -0.39 is 6.36 Å². The average molecular weight is 287 g/mol. The predicted molar refractivity (Wildman–Crippen MR) is 54.9 cm³/mol. The third-order valence-electron chi connectivity index (χ3n) is 2.53. The van der Waals surface area contributed by atoms with Gasteiger partial charge in [0.2, 0.25) is 0 Å². The molecule has 94 valence electrons. The second kappa shape index (κ2) is 4.59. The molecule has 1 aromatic heterocycles. The molecule has 0 saturated heterocycles. The molecular formula is C9H7Cl2F3N2O. The maximum Gasteiger partial charge on any atom is 0.522 e. The average Bonchev–Trinajstić information content (AvgIpc) is 2.97. The van der Waals surface area contributed by atoms with Crippen molar-refractivity contribution < 1.29 is 17.9 Å². The molecule has 0 N–H and O–H groups in total. The van der Waals surface area contributed by atoms with Crippen molar-refractivity contribution in [2.24, 2.45) is 5.92 Å². The van der Waals surface area contributed by atoms with E-state index in [0.29, 0.717) is 12.0 Å². The summed E-state index contributed by atoms with van der Waals surface area (Å²) in [4.78, 5) is 0. The van der Waals surface area contributed by atoms with Crippen LogP contribution in [0.2, 0.25) is 10.3 Å². The van der Waals surface area contributed by atoms with E-state index in [1.165, 1.54) is 6.07 Å². The fourth-order valence-corrected chi connectivity index (χ4v) is 2.03. The molecule has 0 amide bonds. The van der Waals surface area contributed by atoms with Crippen LogP contribution in [0.5, 0.6) is 0 Å². The SMILES string of the molecule is FC(F)(F)OC[C@@H]1CC1c1cc(Cl)nnc1Cl. The Morgan fingerprint density at radius 1 is 1.35 bits per heavy atom. The van der Waals surface area contributed by atoms with Gasteiger partial charge in [0.05, 0.1) is 6.61 Å². The molecule has 1 fully saturated rings. The Balaban J connectivity index is 1.96. The first-order chi connectivity index (χ1) is 7.87. The standard InChI is InChI=1S/C9H7Cl2F3N2O/c10-7-2-6(8(11)16-15-7)5-1-4(5)3-17-9(12,13)14/h2,4-5H,1,3H2/t4-,5?/m0/s1. The molecule has 8 heteroatoms. The van der Waals surface area contributed by atoms with Gasteiger partial charge in [-0.1, -0.05) is 23.2 Å². The number of hydrogen-bond donors (Lipinski definition) is 0. The minimum absolute atomic E-state index is 0.0853. The molecule has 0 radical (unpaired) electrons. The van der Waals surface area contributed by atoms with E-state index >= 15 is 0 Å². The highest BCUT2D eigenvalue weighted by atomic mass is 35.5. The smallest absolute Gasteiger partial charge is 0.292 e. The van der Waals surface area contributed by atoms with Crippen LogP contribution in [0.1, 0.15) is 17.9 Å². The Bertz CT molecular complexity index is 427. The molecule has 1 saturated carbocycles. The number of halogens is 5. The fraction of sp³-hybridized carbons (Fsp3) is 0.556. The number of rotatable bonds is 3. The summed E-state index contributed by atoms with van der Waals surface area (Å²) in [6.07, 6.45) is -4.01. The van der Waals surface area contributed by atoms with E-state index in [1.807, 2.05) is 0 Å². The van der Waals surface area contributed by atoms with Gasteiger partial charge >= 0.3 is 6.36 Å². The van der Waals surface area contributed by atoms with Gasteiger partial charge in [-0.2, -0.15) is 0 Å². The normalized spacial score (nSPS) is 23.8. The van der Waals surface area contributed by atoms with Crippen LogP contribution < -0.4 is 0 Å². The van der Waals surface area contributed by atoms with Crippen molar-refractivity contribution in [3.8, 4) is 0 Å². The minimum atomic E-state index is -4.59. The van der Waals surface area contributed by atoms with Crippen molar-refractivity contribution in [3.63, 3.8) is 0 Å². The van der Waals surface area contributed by atoms with Gasteiger partial charge in [0.15, 0.2) is 10.3 Å². The lowest BCUT2D eigenvalue weighted by Gasteiger charge is -2.07. The molecule has 2 atom stereocenters. The van der Waals surface area contributed by atoms with E-state index in [9.17, 15) is 13.2 Å². The number of hydrogen-bond acceptors (Lipinski definition) is 3. The predicted octanol–water partition coefficient (Wildman–Crippen LogP) is 3.42. The number of ether oxygens (including phenoxy) is 1. The summed E-state index contributed by atoms with van der Waals surface area (Å²) in [6.45, 7) is -0.371. The second-order valence-corrected chi connectivity index (χ2v) is 4.52. The molecule has 0 bridgehead atoms. The molecule has 1 heterocycles. The van der Waals surface area contributed by atoms with Gasteiger partial charge in [-0.15, -0.1) is 23.4 Å². The molecule has 0 aliphatic heterocycles. The summed E-state index contributed by atoms with van der Waals surface area (Å²) in [5, 5.41) is 7.48. The first kappa shape index (κ1) is 12.9. The van der Waals surface area contributed by atoms with Gasteiger partial charge in [-0.25, -0.2) is 0 Å². The van der Waals surface area contributed by atoms with Crippen LogP contribution in [-0.2, 0) is 4.74 Å². The van der Waals surface area contributed by atoms with Gasteiger partial charge in [0, 0.05) is 0 Å². The summed E-state index contributed by atoms with van der Waals surface area (Å²) in [7, 11) is 0.